The minimum atomic E-state index is -0.376. The van der Waals surface area contributed by atoms with Crippen molar-refractivity contribution in [1.29, 1.82) is 0 Å². The van der Waals surface area contributed by atoms with Gasteiger partial charge in [-0.15, -0.1) is 0 Å². The first-order chi connectivity index (χ1) is 6.50. The van der Waals surface area contributed by atoms with Gasteiger partial charge >= 0.3 is 0 Å². The lowest BCUT2D eigenvalue weighted by Gasteiger charge is -2.01. The van der Waals surface area contributed by atoms with Crippen LogP contribution in [-0.4, -0.2) is 4.92 Å². The molecule has 74 valence electrons. The van der Waals surface area contributed by atoms with Crippen LogP contribution < -0.4 is 0 Å². The Bertz CT molecular complexity index is 394. The summed E-state index contributed by atoms with van der Waals surface area (Å²) in [6.45, 7) is 5.45. The molecule has 0 heterocycles. The molecular weight excluding hydrogens is 178 g/mol. The Morgan fingerprint density at radius 1 is 1.43 bits per heavy atom. The highest BCUT2D eigenvalue weighted by Crippen LogP contribution is 2.14. The first-order valence-electron chi connectivity index (χ1n) is 4.40. The van der Waals surface area contributed by atoms with Gasteiger partial charge in [-0.25, -0.2) is 0 Å². The Morgan fingerprint density at radius 2 is 2.07 bits per heavy atom. The third-order valence-electron chi connectivity index (χ3n) is 2.08. The molecule has 14 heavy (non-hydrogen) atoms. The van der Waals surface area contributed by atoms with Gasteiger partial charge < -0.3 is 0 Å². The second-order valence-electron chi connectivity index (χ2n) is 3.40. The number of nitro groups is 1. The van der Waals surface area contributed by atoms with Gasteiger partial charge in [-0.1, -0.05) is 23.8 Å². The molecule has 0 saturated heterocycles. The molecule has 0 fully saturated rings. The van der Waals surface area contributed by atoms with Gasteiger partial charge in [-0.2, -0.15) is 0 Å². The first kappa shape index (κ1) is 10.4. The Labute approximate surface area is 83.2 Å². The fraction of sp³-hybridized carbons (Fsp3) is 0.273. The summed E-state index contributed by atoms with van der Waals surface area (Å²) in [5.74, 6) is 0. The van der Waals surface area contributed by atoms with Crippen LogP contribution >= 0.6 is 0 Å². The smallest absolute Gasteiger partial charge is 0.243 e. The molecule has 3 nitrogen and oxygen atoms in total. The average molecular weight is 191 g/mol. The molecule has 1 aromatic rings. The fourth-order valence-electron chi connectivity index (χ4n) is 1.27. The molecule has 0 radical (unpaired) electrons. The summed E-state index contributed by atoms with van der Waals surface area (Å²) in [5, 5.41) is 10.4. The van der Waals surface area contributed by atoms with Gasteiger partial charge in [-0.3, -0.25) is 10.1 Å². The molecule has 0 N–H and O–H groups in total. The van der Waals surface area contributed by atoms with Crippen molar-refractivity contribution in [2.45, 2.75) is 20.8 Å². The molecule has 0 spiro atoms. The largest absolute Gasteiger partial charge is 0.259 e. The van der Waals surface area contributed by atoms with E-state index in [2.05, 4.69) is 0 Å². The Hall–Kier alpha value is -1.64. The SMILES string of the molecule is C/C(=C\c1ccc(C)cc1C)[N+](=O)[O-]. The zero-order valence-corrected chi connectivity index (χ0v) is 8.57. The van der Waals surface area contributed by atoms with Crippen LogP contribution in [0.3, 0.4) is 0 Å². The predicted molar refractivity (Wildman–Crippen MR) is 56.6 cm³/mol. The molecule has 0 atom stereocenters. The molecule has 0 aromatic heterocycles. The van der Waals surface area contributed by atoms with Crippen LogP contribution in [0.5, 0.6) is 0 Å². The maximum atomic E-state index is 10.4. The molecule has 0 saturated carbocycles. The van der Waals surface area contributed by atoms with E-state index < -0.39 is 0 Å². The first-order valence-corrected chi connectivity index (χ1v) is 4.40. The van der Waals surface area contributed by atoms with Crippen molar-refractivity contribution in [2.24, 2.45) is 0 Å². The van der Waals surface area contributed by atoms with Gasteiger partial charge in [0.2, 0.25) is 5.70 Å². The molecule has 0 aliphatic rings. The van der Waals surface area contributed by atoms with Crippen LogP contribution in [0.15, 0.2) is 23.9 Å². The van der Waals surface area contributed by atoms with E-state index in [1.807, 2.05) is 32.0 Å². The molecule has 1 aromatic carbocycles. The topological polar surface area (TPSA) is 43.1 Å². The summed E-state index contributed by atoms with van der Waals surface area (Å²) in [6.07, 6.45) is 1.59. The molecule has 0 aliphatic heterocycles. The normalized spacial score (nSPS) is 11.5. The summed E-state index contributed by atoms with van der Waals surface area (Å²) >= 11 is 0. The highest BCUT2D eigenvalue weighted by atomic mass is 16.6. The molecule has 1 rings (SSSR count). The van der Waals surface area contributed by atoms with E-state index in [0.717, 1.165) is 11.1 Å². The van der Waals surface area contributed by atoms with Gasteiger partial charge in [0, 0.05) is 13.0 Å². The van der Waals surface area contributed by atoms with Crippen LogP contribution in [0, 0.1) is 24.0 Å². The number of aryl methyl sites for hydroxylation is 2. The van der Waals surface area contributed by atoms with Crippen LogP contribution in [0.4, 0.5) is 0 Å². The van der Waals surface area contributed by atoms with E-state index in [0.29, 0.717) is 0 Å². The summed E-state index contributed by atoms with van der Waals surface area (Å²) in [6, 6.07) is 5.86. The number of nitrogens with zero attached hydrogens (tertiary/aromatic N) is 1. The molecular formula is C11H13NO2. The molecule has 0 unspecified atom stereocenters. The summed E-state index contributed by atoms with van der Waals surface area (Å²) in [5.41, 5.74) is 3.30. The third kappa shape index (κ3) is 2.42. The molecule has 0 bridgehead atoms. The molecule has 0 aliphatic carbocycles. The fourth-order valence-corrected chi connectivity index (χ4v) is 1.27. The number of hydrogen-bond acceptors (Lipinski definition) is 2. The van der Waals surface area contributed by atoms with E-state index in [1.165, 1.54) is 12.5 Å². The lowest BCUT2D eigenvalue weighted by molar-refractivity contribution is -0.422. The Balaban J connectivity index is 3.09. The van der Waals surface area contributed by atoms with Crippen LogP contribution in [0.25, 0.3) is 6.08 Å². The van der Waals surface area contributed by atoms with Crippen molar-refractivity contribution in [2.75, 3.05) is 0 Å². The van der Waals surface area contributed by atoms with Gasteiger partial charge in [0.1, 0.15) is 0 Å². The minimum Gasteiger partial charge on any atom is -0.259 e. The Kier molecular flexibility index (Phi) is 3.02. The van der Waals surface area contributed by atoms with Crippen molar-refractivity contribution in [3.8, 4) is 0 Å². The Morgan fingerprint density at radius 3 is 2.57 bits per heavy atom. The van der Waals surface area contributed by atoms with Crippen molar-refractivity contribution in [1.82, 2.24) is 0 Å². The van der Waals surface area contributed by atoms with E-state index in [9.17, 15) is 10.1 Å². The van der Waals surface area contributed by atoms with Crippen molar-refractivity contribution in [3.05, 3.63) is 50.7 Å². The maximum Gasteiger partial charge on any atom is 0.243 e. The highest BCUT2D eigenvalue weighted by Gasteiger charge is 2.03. The second-order valence-corrected chi connectivity index (χ2v) is 3.40. The zero-order valence-electron chi connectivity index (χ0n) is 8.57. The van der Waals surface area contributed by atoms with Crippen molar-refractivity contribution >= 4 is 6.08 Å². The van der Waals surface area contributed by atoms with Crippen LogP contribution in [0.1, 0.15) is 23.6 Å². The van der Waals surface area contributed by atoms with Crippen molar-refractivity contribution < 1.29 is 4.92 Å². The van der Waals surface area contributed by atoms with Gasteiger partial charge in [0.25, 0.3) is 0 Å². The van der Waals surface area contributed by atoms with Gasteiger partial charge in [0.15, 0.2) is 0 Å². The summed E-state index contributed by atoms with van der Waals surface area (Å²) in [4.78, 5) is 10.0. The predicted octanol–water partition coefficient (Wildman–Crippen LogP) is 2.94. The highest BCUT2D eigenvalue weighted by molar-refractivity contribution is 5.55. The second kappa shape index (κ2) is 4.05. The lowest BCUT2D eigenvalue weighted by atomic mass is 10.1. The van der Waals surface area contributed by atoms with Crippen molar-refractivity contribution in [3.63, 3.8) is 0 Å². The zero-order chi connectivity index (χ0) is 10.7. The third-order valence-corrected chi connectivity index (χ3v) is 2.08. The number of hydrogen-bond donors (Lipinski definition) is 0. The number of rotatable bonds is 2. The van der Waals surface area contributed by atoms with E-state index in [1.54, 1.807) is 6.08 Å². The standard InChI is InChI=1S/C11H13NO2/c1-8-4-5-11(9(2)6-8)7-10(3)12(13)14/h4-7H,1-3H3/b10-7+. The monoisotopic (exact) mass is 191 g/mol. The minimum absolute atomic E-state index is 0.164. The summed E-state index contributed by atoms with van der Waals surface area (Å²) < 4.78 is 0. The van der Waals surface area contributed by atoms with E-state index in [4.69, 9.17) is 0 Å². The number of allylic oxidation sites excluding steroid dienone is 1. The molecule has 0 amide bonds. The lowest BCUT2D eigenvalue weighted by Crippen LogP contribution is -1.93. The van der Waals surface area contributed by atoms with Crippen LogP contribution in [-0.2, 0) is 0 Å². The van der Waals surface area contributed by atoms with E-state index >= 15 is 0 Å². The average Bonchev–Trinajstić information content (AvgIpc) is 2.09. The van der Waals surface area contributed by atoms with Gasteiger partial charge in [0.05, 0.1) is 4.92 Å². The summed E-state index contributed by atoms with van der Waals surface area (Å²) in [7, 11) is 0. The molecule has 3 heteroatoms. The number of benzene rings is 1. The van der Waals surface area contributed by atoms with Gasteiger partial charge in [-0.05, 0) is 25.0 Å². The van der Waals surface area contributed by atoms with E-state index in [-0.39, 0.29) is 10.6 Å². The maximum absolute atomic E-state index is 10.4. The quantitative estimate of drug-likeness (QED) is 0.532. The van der Waals surface area contributed by atoms with Crippen LogP contribution in [0.2, 0.25) is 0 Å².